The molecule has 0 aliphatic carbocycles. The van der Waals surface area contributed by atoms with Crippen LogP contribution in [0.15, 0.2) is 12.5 Å². The molecule has 1 aromatic rings. The summed E-state index contributed by atoms with van der Waals surface area (Å²) in [6, 6.07) is -0.341. The molecule has 3 N–H and O–H groups in total. The van der Waals surface area contributed by atoms with Crippen molar-refractivity contribution in [3.63, 3.8) is 0 Å². The third kappa shape index (κ3) is 3.19. The van der Waals surface area contributed by atoms with Gasteiger partial charge in [0.25, 0.3) is 0 Å². The number of amides is 1. The Morgan fingerprint density at radius 3 is 2.90 bits per heavy atom. The van der Waals surface area contributed by atoms with Crippen LogP contribution >= 0.6 is 0 Å². The first-order valence-electron chi connectivity index (χ1n) is 7.16. The largest absolute Gasteiger partial charge is 0.381 e. The van der Waals surface area contributed by atoms with Crippen molar-refractivity contribution < 1.29 is 9.53 Å². The van der Waals surface area contributed by atoms with Crippen molar-refractivity contribution in [3.8, 4) is 0 Å². The van der Waals surface area contributed by atoms with Crippen molar-refractivity contribution in [1.29, 1.82) is 0 Å². The highest BCUT2D eigenvalue weighted by Crippen LogP contribution is 2.27. The lowest BCUT2D eigenvalue weighted by molar-refractivity contribution is -0.124. The maximum atomic E-state index is 12.1. The Labute approximate surface area is 119 Å². The first-order chi connectivity index (χ1) is 9.50. The summed E-state index contributed by atoms with van der Waals surface area (Å²) in [6.45, 7) is 7.19. The van der Waals surface area contributed by atoms with Crippen LogP contribution in [0.4, 0.5) is 0 Å². The average molecular weight is 280 g/mol. The molecule has 1 fully saturated rings. The molecule has 0 radical (unpaired) electrons. The third-order valence-corrected chi connectivity index (χ3v) is 3.74. The van der Waals surface area contributed by atoms with E-state index < -0.39 is 0 Å². The zero-order valence-corrected chi connectivity index (χ0v) is 12.4. The van der Waals surface area contributed by atoms with Crippen LogP contribution < -0.4 is 11.1 Å². The number of hydrogen-bond donors (Lipinski definition) is 2. The van der Waals surface area contributed by atoms with Gasteiger partial charge in [-0.2, -0.15) is 0 Å². The third-order valence-electron chi connectivity index (χ3n) is 3.74. The molecule has 20 heavy (non-hydrogen) atoms. The normalized spacial score (nSPS) is 21.9. The van der Waals surface area contributed by atoms with Crippen LogP contribution in [0.1, 0.15) is 45.0 Å². The van der Waals surface area contributed by atoms with E-state index >= 15 is 0 Å². The topological polar surface area (TPSA) is 82.2 Å². The number of hydrogen-bond acceptors (Lipinski definition) is 4. The molecule has 0 saturated carbocycles. The van der Waals surface area contributed by atoms with Crippen LogP contribution in [0.3, 0.4) is 0 Å². The fourth-order valence-electron chi connectivity index (χ4n) is 2.51. The van der Waals surface area contributed by atoms with Crippen molar-refractivity contribution in [2.24, 2.45) is 11.7 Å². The predicted octanol–water partition coefficient (Wildman–Crippen LogP) is 1.00. The second-order valence-corrected chi connectivity index (χ2v) is 5.71. The zero-order chi connectivity index (χ0) is 14.7. The fraction of sp³-hybridized carbons (Fsp3) is 0.714. The first-order valence-corrected chi connectivity index (χ1v) is 7.16. The quantitative estimate of drug-likeness (QED) is 0.843. The van der Waals surface area contributed by atoms with Crippen molar-refractivity contribution in [2.45, 2.75) is 45.3 Å². The van der Waals surface area contributed by atoms with Crippen LogP contribution in [0.2, 0.25) is 0 Å². The van der Waals surface area contributed by atoms with E-state index in [1.165, 1.54) is 0 Å². The predicted molar refractivity (Wildman–Crippen MR) is 76.1 cm³/mol. The lowest BCUT2D eigenvalue weighted by Crippen LogP contribution is -2.37. The van der Waals surface area contributed by atoms with Crippen LogP contribution in [-0.4, -0.2) is 34.7 Å². The van der Waals surface area contributed by atoms with E-state index in [9.17, 15) is 4.79 Å². The highest BCUT2D eigenvalue weighted by molar-refractivity contribution is 5.80. The number of nitrogens with zero attached hydrogens (tertiary/aromatic N) is 2. The number of nitrogens with two attached hydrogens (primary N) is 1. The lowest BCUT2D eigenvalue weighted by atomic mass is 9.97. The minimum atomic E-state index is -0.316. The summed E-state index contributed by atoms with van der Waals surface area (Å²) in [4.78, 5) is 16.3. The summed E-state index contributed by atoms with van der Waals surface area (Å²) < 4.78 is 7.25. The summed E-state index contributed by atoms with van der Waals surface area (Å²) in [5.74, 6) is 0.278. The molecular weight excluding hydrogens is 256 g/mol. The second-order valence-electron chi connectivity index (χ2n) is 5.71. The zero-order valence-electron chi connectivity index (χ0n) is 12.4. The molecule has 1 aliphatic rings. The van der Waals surface area contributed by atoms with Gasteiger partial charge in [0.1, 0.15) is 6.04 Å². The van der Waals surface area contributed by atoms with Crippen LogP contribution in [0.5, 0.6) is 0 Å². The molecule has 2 rings (SSSR count). The SMILES string of the molecule is CC(C)NC(=O)C(C)n1cncc1C(N)C1CCOC1. The molecule has 1 amide bonds. The highest BCUT2D eigenvalue weighted by atomic mass is 16.5. The molecule has 2 heterocycles. The number of imidazole rings is 1. The molecule has 6 nitrogen and oxygen atoms in total. The van der Waals surface area contributed by atoms with Gasteiger partial charge in [-0.05, 0) is 27.2 Å². The average Bonchev–Trinajstić information content (AvgIpc) is 3.07. The minimum Gasteiger partial charge on any atom is -0.381 e. The van der Waals surface area contributed by atoms with Gasteiger partial charge in [-0.15, -0.1) is 0 Å². The van der Waals surface area contributed by atoms with E-state index in [2.05, 4.69) is 10.3 Å². The van der Waals surface area contributed by atoms with Gasteiger partial charge in [0.05, 0.1) is 24.7 Å². The smallest absolute Gasteiger partial charge is 0.243 e. The van der Waals surface area contributed by atoms with Crippen molar-refractivity contribution in [1.82, 2.24) is 14.9 Å². The molecule has 1 aliphatic heterocycles. The molecule has 0 bridgehead atoms. The monoisotopic (exact) mass is 280 g/mol. The van der Waals surface area contributed by atoms with E-state index in [1.807, 2.05) is 25.3 Å². The van der Waals surface area contributed by atoms with Crippen LogP contribution in [0, 0.1) is 5.92 Å². The number of rotatable bonds is 5. The van der Waals surface area contributed by atoms with Gasteiger partial charge in [-0.25, -0.2) is 4.98 Å². The summed E-state index contributed by atoms with van der Waals surface area (Å²) in [5.41, 5.74) is 7.21. The molecule has 3 atom stereocenters. The first kappa shape index (κ1) is 15.0. The Bertz CT molecular complexity index is 452. The second kappa shape index (κ2) is 6.37. The van der Waals surface area contributed by atoms with Gasteiger partial charge in [-0.1, -0.05) is 0 Å². The number of carbonyl (C=O) groups excluding carboxylic acids is 1. The fourth-order valence-corrected chi connectivity index (χ4v) is 2.51. The van der Waals surface area contributed by atoms with Gasteiger partial charge < -0.3 is 20.4 Å². The Morgan fingerprint density at radius 2 is 2.30 bits per heavy atom. The minimum absolute atomic E-state index is 0.0193. The summed E-state index contributed by atoms with van der Waals surface area (Å²) in [6.07, 6.45) is 4.39. The van der Waals surface area contributed by atoms with E-state index in [0.29, 0.717) is 12.5 Å². The maximum absolute atomic E-state index is 12.1. The molecule has 1 saturated heterocycles. The summed E-state index contributed by atoms with van der Waals surface area (Å²) in [5, 5.41) is 2.91. The lowest BCUT2D eigenvalue weighted by Gasteiger charge is -2.23. The van der Waals surface area contributed by atoms with Crippen LogP contribution in [-0.2, 0) is 9.53 Å². The standard InChI is InChI=1S/C14H24N4O2/c1-9(2)17-14(19)10(3)18-8-16-6-12(18)13(15)11-4-5-20-7-11/h6,8-11,13H,4-5,7,15H2,1-3H3,(H,17,19). The van der Waals surface area contributed by atoms with Gasteiger partial charge in [0.2, 0.25) is 5.91 Å². The van der Waals surface area contributed by atoms with Crippen LogP contribution in [0.25, 0.3) is 0 Å². The van der Waals surface area contributed by atoms with Crippen molar-refractivity contribution in [2.75, 3.05) is 13.2 Å². The molecule has 6 heteroatoms. The molecular formula is C14H24N4O2. The van der Waals surface area contributed by atoms with Crippen molar-refractivity contribution >= 4 is 5.91 Å². The Kier molecular flexibility index (Phi) is 4.77. The van der Waals surface area contributed by atoms with E-state index in [4.69, 9.17) is 10.5 Å². The van der Waals surface area contributed by atoms with E-state index in [-0.39, 0.29) is 24.0 Å². The van der Waals surface area contributed by atoms with Gasteiger partial charge >= 0.3 is 0 Å². The van der Waals surface area contributed by atoms with Gasteiger partial charge in [-0.3, -0.25) is 4.79 Å². The highest BCUT2D eigenvalue weighted by Gasteiger charge is 2.28. The Morgan fingerprint density at radius 1 is 1.55 bits per heavy atom. The Hall–Kier alpha value is -1.40. The number of carbonyl (C=O) groups is 1. The molecule has 0 aromatic carbocycles. The maximum Gasteiger partial charge on any atom is 0.243 e. The number of aromatic nitrogens is 2. The van der Waals surface area contributed by atoms with Gasteiger partial charge in [0.15, 0.2) is 0 Å². The number of ether oxygens (including phenoxy) is 1. The molecule has 0 spiro atoms. The summed E-state index contributed by atoms with van der Waals surface area (Å²) >= 11 is 0. The number of nitrogens with one attached hydrogen (secondary N) is 1. The van der Waals surface area contributed by atoms with E-state index in [0.717, 1.165) is 18.7 Å². The summed E-state index contributed by atoms with van der Waals surface area (Å²) in [7, 11) is 0. The van der Waals surface area contributed by atoms with Gasteiger partial charge in [0, 0.05) is 24.8 Å². The van der Waals surface area contributed by atoms with Crippen molar-refractivity contribution in [3.05, 3.63) is 18.2 Å². The molecule has 3 unspecified atom stereocenters. The molecule has 112 valence electrons. The molecule has 1 aromatic heterocycles. The van der Waals surface area contributed by atoms with E-state index in [1.54, 1.807) is 12.5 Å². The Balaban J connectivity index is 2.12.